The number of pyridine rings is 1. The maximum atomic E-state index is 13.6. The number of nitriles is 1. The van der Waals surface area contributed by atoms with Crippen LogP contribution in [0.2, 0.25) is 5.02 Å². The third-order valence-corrected chi connectivity index (χ3v) is 10.3. The number of thiophene rings is 1. The zero-order chi connectivity index (χ0) is 29.9. The number of rotatable bonds is 6. The summed E-state index contributed by atoms with van der Waals surface area (Å²) in [6.45, 7) is 1.82. The van der Waals surface area contributed by atoms with Gasteiger partial charge in [0.2, 0.25) is 10.0 Å². The Morgan fingerprint density at radius 1 is 1.26 bits per heavy atom. The molecule has 4 heterocycles. The number of fused-ring (bicyclic) bond motifs is 3. The van der Waals surface area contributed by atoms with Gasteiger partial charge in [0.25, 0.3) is 5.56 Å². The molecule has 0 saturated heterocycles. The third kappa shape index (κ3) is 4.31. The predicted octanol–water partition coefficient (Wildman–Crippen LogP) is 4.42. The van der Waals surface area contributed by atoms with E-state index in [1.807, 2.05) is 6.07 Å². The molecule has 2 aromatic carbocycles. The Bertz CT molecular complexity index is 2190. The second-order valence-corrected chi connectivity index (χ2v) is 12.9. The number of aromatic carboxylic acids is 1. The first kappa shape index (κ1) is 27.8. The van der Waals surface area contributed by atoms with Gasteiger partial charge in [-0.25, -0.2) is 18.2 Å². The highest BCUT2D eigenvalue weighted by Crippen LogP contribution is 2.40. The first-order chi connectivity index (χ1) is 20.0. The molecule has 1 N–H and O–H groups in total. The largest absolute Gasteiger partial charge is 0.491 e. The van der Waals surface area contributed by atoms with E-state index in [1.54, 1.807) is 37.3 Å². The summed E-state index contributed by atoms with van der Waals surface area (Å²) in [6.07, 6.45) is 1.52. The van der Waals surface area contributed by atoms with Crippen LogP contribution in [0.3, 0.4) is 0 Å². The summed E-state index contributed by atoms with van der Waals surface area (Å²) < 4.78 is 35.0. The summed E-state index contributed by atoms with van der Waals surface area (Å²) >= 11 is 7.56. The standard InChI is InChI=1S/C28H20ClN5O6S2/c1-14-32-21-9-15-12-33(2)42(38,39)26(15)19(11-30)23(21)27(35)34(14)7-8-40-22-4-3-16(29)10-18(22)17-5-6-31-24-20(28(36)37)13-41-25(17)24/h3-6,9-10,13H,7-8,12H2,1-2H3,(H,36,37). The first-order valence-corrected chi connectivity index (χ1v) is 15.2. The van der Waals surface area contributed by atoms with Crippen molar-refractivity contribution in [1.29, 1.82) is 5.26 Å². The minimum absolute atomic E-state index is 0.0233. The lowest BCUT2D eigenvalue weighted by Crippen LogP contribution is -2.27. The summed E-state index contributed by atoms with van der Waals surface area (Å²) in [5.74, 6) is -0.255. The molecule has 6 rings (SSSR count). The molecular weight excluding hydrogens is 602 g/mol. The average Bonchev–Trinajstić information content (AvgIpc) is 3.48. The van der Waals surface area contributed by atoms with E-state index in [2.05, 4.69) is 9.97 Å². The highest BCUT2D eigenvalue weighted by Gasteiger charge is 2.36. The number of aromatic nitrogens is 3. The molecule has 212 valence electrons. The van der Waals surface area contributed by atoms with Crippen molar-refractivity contribution in [3.05, 3.63) is 79.8 Å². The van der Waals surface area contributed by atoms with Gasteiger partial charge in [0.15, 0.2) is 0 Å². The van der Waals surface area contributed by atoms with Gasteiger partial charge in [-0.3, -0.25) is 14.3 Å². The number of aryl methyl sites for hydroxylation is 1. The van der Waals surface area contributed by atoms with E-state index in [0.717, 1.165) is 4.31 Å². The number of carboxylic acid groups (broad SMARTS) is 1. The molecule has 0 unspecified atom stereocenters. The lowest BCUT2D eigenvalue weighted by atomic mass is 10.0. The van der Waals surface area contributed by atoms with E-state index in [4.69, 9.17) is 16.3 Å². The molecule has 5 aromatic rings. The van der Waals surface area contributed by atoms with E-state index < -0.39 is 21.6 Å². The van der Waals surface area contributed by atoms with E-state index in [1.165, 1.54) is 34.5 Å². The smallest absolute Gasteiger partial charge is 0.338 e. The van der Waals surface area contributed by atoms with Gasteiger partial charge in [0.05, 0.1) is 38.8 Å². The molecule has 14 heteroatoms. The van der Waals surface area contributed by atoms with Crippen molar-refractivity contribution in [2.24, 2.45) is 0 Å². The SMILES string of the molecule is Cc1nc2cc3c(c(C#N)c2c(=O)n1CCOc1ccc(Cl)cc1-c1ccnc2c(C(=O)O)csc12)S(=O)(=O)N(C)C3. The van der Waals surface area contributed by atoms with Gasteiger partial charge in [-0.2, -0.15) is 9.57 Å². The normalized spacial score (nSPS) is 14.2. The molecule has 0 saturated carbocycles. The minimum atomic E-state index is -3.90. The van der Waals surface area contributed by atoms with Gasteiger partial charge in [-0.1, -0.05) is 11.6 Å². The molecule has 42 heavy (non-hydrogen) atoms. The van der Waals surface area contributed by atoms with E-state index in [-0.39, 0.29) is 46.6 Å². The fourth-order valence-corrected chi connectivity index (χ4v) is 7.85. The van der Waals surface area contributed by atoms with Crippen molar-refractivity contribution in [1.82, 2.24) is 18.8 Å². The van der Waals surface area contributed by atoms with Gasteiger partial charge < -0.3 is 9.84 Å². The summed E-state index contributed by atoms with van der Waals surface area (Å²) in [7, 11) is -2.48. The number of halogens is 1. The second kappa shape index (κ2) is 10.2. The van der Waals surface area contributed by atoms with Crippen LogP contribution < -0.4 is 10.3 Å². The van der Waals surface area contributed by atoms with Crippen molar-refractivity contribution in [2.45, 2.75) is 24.9 Å². The Morgan fingerprint density at radius 3 is 2.79 bits per heavy atom. The molecule has 0 atom stereocenters. The van der Waals surface area contributed by atoms with Crippen LogP contribution in [-0.2, 0) is 23.1 Å². The highest BCUT2D eigenvalue weighted by molar-refractivity contribution is 7.89. The van der Waals surface area contributed by atoms with Crippen molar-refractivity contribution >= 4 is 60.0 Å². The predicted molar refractivity (Wildman–Crippen MR) is 157 cm³/mol. The van der Waals surface area contributed by atoms with Crippen LogP contribution in [0.25, 0.3) is 32.2 Å². The van der Waals surface area contributed by atoms with Gasteiger partial charge in [0.1, 0.15) is 29.1 Å². The van der Waals surface area contributed by atoms with E-state index in [0.29, 0.717) is 43.5 Å². The van der Waals surface area contributed by atoms with Crippen molar-refractivity contribution in [3.63, 3.8) is 0 Å². The fourth-order valence-electron chi connectivity index (χ4n) is 5.17. The maximum absolute atomic E-state index is 13.6. The minimum Gasteiger partial charge on any atom is -0.491 e. The number of nitrogens with zero attached hydrogens (tertiary/aromatic N) is 5. The third-order valence-electron chi connectivity index (χ3n) is 7.13. The molecule has 0 fully saturated rings. The van der Waals surface area contributed by atoms with Crippen LogP contribution in [0.5, 0.6) is 5.75 Å². The molecular formula is C28H20ClN5O6S2. The Morgan fingerprint density at radius 2 is 2.05 bits per heavy atom. The molecule has 0 bridgehead atoms. The van der Waals surface area contributed by atoms with Crippen molar-refractivity contribution in [3.8, 4) is 22.9 Å². The van der Waals surface area contributed by atoms with Crippen LogP contribution in [0, 0.1) is 18.3 Å². The zero-order valence-corrected chi connectivity index (χ0v) is 24.5. The molecule has 0 amide bonds. The number of sulfonamides is 1. The van der Waals surface area contributed by atoms with Gasteiger partial charge in [-0.05, 0) is 42.8 Å². The molecule has 0 spiro atoms. The van der Waals surface area contributed by atoms with Crippen LogP contribution in [0.1, 0.15) is 27.3 Å². The van der Waals surface area contributed by atoms with Gasteiger partial charge >= 0.3 is 5.97 Å². The van der Waals surface area contributed by atoms with Gasteiger partial charge in [0, 0.05) is 41.3 Å². The van der Waals surface area contributed by atoms with Crippen LogP contribution in [-0.4, -0.2) is 52.0 Å². The first-order valence-electron chi connectivity index (χ1n) is 12.5. The lowest BCUT2D eigenvalue weighted by Gasteiger charge is -2.15. The maximum Gasteiger partial charge on any atom is 0.338 e. The Balaban J connectivity index is 1.37. The van der Waals surface area contributed by atoms with Crippen LogP contribution in [0.15, 0.2) is 51.6 Å². The lowest BCUT2D eigenvalue weighted by molar-refractivity contribution is 0.0699. The Kier molecular flexibility index (Phi) is 6.74. The molecule has 11 nitrogen and oxygen atoms in total. The number of hydrogen-bond donors (Lipinski definition) is 1. The van der Waals surface area contributed by atoms with Crippen LogP contribution >= 0.6 is 22.9 Å². The quantitative estimate of drug-likeness (QED) is 0.290. The van der Waals surface area contributed by atoms with Crippen molar-refractivity contribution < 1.29 is 23.1 Å². The zero-order valence-electron chi connectivity index (χ0n) is 22.1. The van der Waals surface area contributed by atoms with Gasteiger partial charge in [-0.15, -0.1) is 11.3 Å². The summed E-state index contributed by atoms with van der Waals surface area (Å²) in [6, 6.07) is 10.3. The molecule has 0 radical (unpaired) electrons. The van der Waals surface area contributed by atoms with E-state index >= 15 is 0 Å². The summed E-state index contributed by atoms with van der Waals surface area (Å²) in [5.41, 5.74) is 1.69. The average molecular weight is 622 g/mol. The molecule has 3 aromatic heterocycles. The Hall–Kier alpha value is -4.35. The number of ether oxygens (including phenoxy) is 1. The number of carboxylic acids is 1. The van der Waals surface area contributed by atoms with Crippen molar-refractivity contribution in [2.75, 3.05) is 13.7 Å². The highest BCUT2D eigenvalue weighted by atomic mass is 35.5. The Labute approximate surface area is 247 Å². The molecule has 1 aliphatic heterocycles. The fraction of sp³-hybridized carbons (Fsp3) is 0.179. The number of hydrogen-bond acceptors (Lipinski definition) is 9. The second-order valence-electron chi connectivity index (χ2n) is 9.60. The number of benzene rings is 2. The topological polar surface area (TPSA) is 155 Å². The van der Waals surface area contributed by atoms with E-state index in [9.17, 15) is 28.4 Å². The summed E-state index contributed by atoms with van der Waals surface area (Å²) in [5, 5.41) is 21.4. The summed E-state index contributed by atoms with van der Waals surface area (Å²) in [4.78, 5) is 33.9. The number of carbonyl (C=O) groups is 1. The molecule has 0 aliphatic carbocycles. The van der Waals surface area contributed by atoms with Crippen LogP contribution in [0.4, 0.5) is 0 Å². The molecule has 1 aliphatic rings. The monoisotopic (exact) mass is 621 g/mol.